The smallest absolute Gasteiger partial charge is 0.0573 e. The van der Waals surface area contributed by atoms with Gasteiger partial charge in [-0.2, -0.15) is 0 Å². The molecule has 0 atom stereocenters. The molecule has 0 bridgehead atoms. The Hall–Kier alpha value is -1.02. The Labute approximate surface area is 70.3 Å². The highest BCUT2D eigenvalue weighted by molar-refractivity contribution is 7.11. The lowest BCUT2D eigenvalue weighted by atomic mass is 10.1. The first-order valence-electron chi connectivity index (χ1n) is 3.47. The van der Waals surface area contributed by atoms with Crippen molar-refractivity contribution in [3.63, 3.8) is 0 Å². The Morgan fingerprint density at radius 1 is 1.55 bits per heavy atom. The molecular weight excluding hydrogens is 154 g/mol. The molecule has 2 heterocycles. The maximum atomic E-state index is 3.99. The molecule has 0 spiro atoms. The summed E-state index contributed by atoms with van der Waals surface area (Å²) in [6.07, 6.45) is 4.15. The first kappa shape index (κ1) is 6.68. The van der Waals surface area contributed by atoms with Crippen LogP contribution < -0.4 is 0 Å². The van der Waals surface area contributed by atoms with E-state index in [0.717, 1.165) is 5.70 Å². The minimum absolute atomic E-state index is 1.09. The fraction of sp³-hybridized carbons (Fsp3) is 0.111. The van der Waals surface area contributed by atoms with Crippen molar-refractivity contribution in [3.8, 4) is 0 Å². The lowest BCUT2D eigenvalue weighted by molar-refractivity contribution is 0.659. The molecule has 0 fully saturated rings. The molecule has 2 heteroatoms. The molecule has 2 rings (SSSR count). The van der Waals surface area contributed by atoms with Crippen LogP contribution in [0.4, 0.5) is 0 Å². The first-order valence-corrected chi connectivity index (χ1v) is 4.35. The van der Waals surface area contributed by atoms with E-state index >= 15 is 0 Å². The van der Waals surface area contributed by atoms with E-state index in [1.54, 1.807) is 11.3 Å². The summed E-state index contributed by atoms with van der Waals surface area (Å²) in [7, 11) is 2.02. The Kier molecular flexibility index (Phi) is 1.36. The second kappa shape index (κ2) is 2.24. The van der Waals surface area contributed by atoms with Crippen molar-refractivity contribution in [2.45, 2.75) is 0 Å². The third-order valence-electron chi connectivity index (χ3n) is 1.86. The third kappa shape index (κ3) is 0.906. The molecule has 1 aliphatic heterocycles. The summed E-state index contributed by atoms with van der Waals surface area (Å²) in [5.74, 6) is 0. The Morgan fingerprint density at radius 2 is 2.36 bits per heavy atom. The molecule has 1 aliphatic rings. The molecule has 0 N–H and O–H groups in total. The molecule has 0 amide bonds. The molecule has 1 aromatic heterocycles. The standard InChI is InChI=1S/C9H9NS/c1-7-9-8(4-6-11-9)3-5-10(7)2/h3-6H,1H2,2H3. The van der Waals surface area contributed by atoms with Crippen molar-refractivity contribution in [1.82, 2.24) is 4.90 Å². The quantitative estimate of drug-likeness (QED) is 0.568. The topological polar surface area (TPSA) is 3.24 Å². The van der Waals surface area contributed by atoms with E-state index in [9.17, 15) is 0 Å². The van der Waals surface area contributed by atoms with Crippen molar-refractivity contribution < 1.29 is 0 Å². The predicted octanol–water partition coefficient (Wildman–Crippen LogP) is 2.63. The second-order valence-corrected chi connectivity index (χ2v) is 3.49. The molecule has 11 heavy (non-hydrogen) atoms. The van der Waals surface area contributed by atoms with Gasteiger partial charge in [0, 0.05) is 13.2 Å². The van der Waals surface area contributed by atoms with Gasteiger partial charge < -0.3 is 4.90 Å². The van der Waals surface area contributed by atoms with Crippen molar-refractivity contribution in [3.05, 3.63) is 34.7 Å². The van der Waals surface area contributed by atoms with Gasteiger partial charge in [-0.3, -0.25) is 0 Å². The fourth-order valence-corrected chi connectivity index (χ4v) is 2.03. The molecule has 1 nitrogen and oxygen atoms in total. The van der Waals surface area contributed by atoms with Gasteiger partial charge in [0.2, 0.25) is 0 Å². The molecule has 1 aromatic rings. The minimum atomic E-state index is 1.09. The summed E-state index contributed by atoms with van der Waals surface area (Å²) in [5.41, 5.74) is 2.38. The molecule has 0 aliphatic carbocycles. The van der Waals surface area contributed by atoms with Crippen molar-refractivity contribution in [2.75, 3.05) is 7.05 Å². The van der Waals surface area contributed by atoms with Crippen molar-refractivity contribution in [1.29, 1.82) is 0 Å². The van der Waals surface area contributed by atoms with Gasteiger partial charge in [-0.05, 0) is 23.1 Å². The van der Waals surface area contributed by atoms with Gasteiger partial charge >= 0.3 is 0 Å². The first-order chi connectivity index (χ1) is 5.29. The minimum Gasteiger partial charge on any atom is -0.350 e. The Bertz CT molecular complexity index is 322. The lowest BCUT2D eigenvalue weighted by Crippen LogP contribution is -2.10. The van der Waals surface area contributed by atoms with E-state index in [1.165, 1.54) is 10.4 Å². The summed E-state index contributed by atoms with van der Waals surface area (Å²) < 4.78 is 0. The average molecular weight is 163 g/mol. The number of fused-ring (bicyclic) bond motifs is 1. The van der Waals surface area contributed by atoms with Crippen LogP contribution in [0.1, 0.15) is 10.4 Å². The molecule has 0 saturated heterocycles. The highest BCUT2D eigenvalue weighted by Gasteiger charge is 2.12. The number of thiophene rings is 1. The van der Waals surface area contributed by atoms with Gasteiger partial charge in [0.05, 0.1) is 10.6 Å². The molecule has 0 radical (unpaired) electrons. The van der Waals surface area contributed by atoms with Crippen LogP contribution in [0, 0.1) is 0 Å². The fourth-order valence-electron chi connectivity index (χ4n) is 1.13. The van der Waals surface area contributed by atoms with Gasteiger partial charge in [-0.25, -0.2) is 0 Å². The highest BCUT2D eigenvalue weighted by Crippen LogP contribution is 2.30. The van der Waals surface area contributed by atoms with Crippen molar-refractivity contribution in [2.24, 2.45) is 0 Å². The predicted molar refractivity (Wildman–Crippen MR) is 50.2 cm³/mol. The van der Waals surface area contributed by atoms with E-state index in [4.69, 9.17) is 0 Å². The summed E-state index contributed by atoms with van der Waals surface area (Å²) >= 11 is 1.74. The normalized spacial score (nSPS) is 15.4. The lowest BCUT2D eigenvalue weighted by Gasteiger charge is -2.20. The van der Waals surface area contributed by atoms with Crippen LogP contribution in [-0.2, 0) is 0 Å². The maximum absolute atomic E-state index is 3.99. The largest absolute Gasteiger partial charge is 0.350 e. The van der Waals surface area contributed by atoms with Crippen LogP contribution >= 0.6 is 11.3 Å². The van der Waals surface area contributed by atoms with Crippen LogP contribution in [0.15, 0.2) is 24.2 Å². The van der Waals surface area contributed by atoms with Gasteiger partial charge in [-0.1, -0.05) is 6.58 Å². The number of hydrogen-bond acceptors (Lipinski definition) is 2. The van der Waals surface area contributed by atoms with Crippen LogP contribution in [0.5, 0.6) is 0 Å². The Balaban J connectivity index is 2.57. The summed E-state index contributed by atoms with van der Waals surface area (Å²) in [5, 5.41) is 2.10. The monoisotopic (exact) mass is 163 g/mol. The number of hydrogen-bond donors (Lipinski definition) is 0. The Morgan fingerprint density at radius 3 is 3.18 bits per heavy atom. The molecule has 0 unspecified atom stereocenters. The third-order valence-corrected chi connectivity index (χ3v) is 2.84. The van der Waals surface area contributed by atoms with E-state index < -0.39 is 0 Å². The summed E-state index contributed by atoms with van der Waals surface area (Å²) in [6.45, 7) is 3.99. The van der Waals surface area contributed by atoms with Gasteiger partial charge in [0.15, 0.2) is 0 Å². The maximum Gasteiger partial charge on any atom is 0.0573 e. The summed E-state index contributed by atoms with van der Waals surface area (Å²) in [6, 6.07) is 2.12. The SMILES string of the molecule is C=C1c2sccc2C=CN1C. The van der Waals surface area contributed by atoms with E-state index in [-0.39, 0.29) is 0 Å². The average Bonchev–Trinajstić information content (AvgIpc) is 2.45. The van der Waals surface area contributed by atoms with Gasteiger partial charge in [-0.15, -0.1) is 11.3 Å². The van der Waals surface area contributed by atoms with Crippen LogP contribution in [0.2, 0.25) is 0 Å². The molecule has 56 valence electrons. The van der Waals surface area contributed by atoms with Crippen molar-refractivity contribution >= 4 is 23.1 Å². The van der Waals surface area contributed by atoms with Crippen LogP contribution in [0.3, 0.4) is 0 Å². The van der Waals surface area contributed by atoms with Gasteiger partial charge in [0.25, 0.3) is 0 Å². The molecule has 0 aromatic carbocycles. The molecule has 0 saturated carbocycles. The van der Waals surface area contributed by atoms with E-state index in [0.29, 0.717) is 0 Å². The summed E-state index contributed by atoms with van der Waals surface area (Å²) in [4.78, 5) is 3.33. The van der Waals surface area contributed by atoms with E-state index in [1.807, 2.05) is 18.1 Å². The molecular formula is C9H9NS. The van der Waals surface area contributed by atoms with Gasteiger partial charge in [0.1, 0.15) is 0 Å². The zero-order valence-electron chi connectivity index (χ0n) is 6.37. The van der Waals surface area contributed by atoms with Crippen LogP contribution in [-0.4, -0.2) is 11.9 Å². The number of rotatable bonds is 0. The van der Waals surface area contributed by atoms with Crippen LogP contribution in [0.25, 0.3) is 11.8 Å². The zero-order chi connectivity index (χ0) is 7.84. The zero-order valence-corrected chi connectivity index (χ0v) is 7.19. The van der Waals surface area contributed by atoms with E-state index in [2.05, 4.69) is 24.1 Å². The second-order valence-electron chi connectivity index (χ2n) is 2.58. The highest BCUT2D eigenvalue weighted by atomic mass is 32.1. The number of nitrogens with zero attached hydrogens (tertiary/aromatic N) is 1.